The molecule has 1 aromatic heterocycles. The molecule has 0 spiro atoms. The van der Waals surface area contributed by atoms with Gasteiger partial charge in [0.25, 0.3) is 5.91 Å². The van der Waals surface area contributed by atoms with Crippen LogP contribution >= 0.6 is 11.3 Å². The largest absolute Gasteiger partial charge is 0.465 e. The lowest BCUT2D eigenvalue weighted by Gasteiger charge is -2.42. The van der Waals surface area contributed by atoms with E-state index in [2.05, 4.69) is 44.4 Å². The van der Waals surface area contributed by atoms with Crippen LogP contribution in [-0.4, -0.2) is 30.7 Å². The summed E-state index contributed by atoms with van der Waals surface area (Å²) < 4.78 is 10.2. The molecule has 8 heteroatoms. The molecule has 2 amide bonds. The van der Waals surface area contributed by atoms with E-state index in [0.717, 1.165) is 24.2 Å². The molecule has 3 rings (SSSR count). The number of ether oxygens (including phenoxy) is 2. The molecule has 1 heterocycles. The number of nitrogens with one attached hydrogen (secondary N) is 2. The Labute approximate surface area is 211 Å². The summed E-state index contributed by atoms with van der Waals surface area (Å²) in [5.41, 5.74) is 2.37. The van der Waals surface area contributed by atoms with Gasteiger partial charge in [-0.2, -0.15) is 0 Å². The maximum Gasteiger partial charge on any atom is 0.408 e. The summed E-state index contributed by atoms with van der Waals surface area (Å²) in [4.78, 5) is 38.3. The lowest BCUT2D eigenvalue weighted by Crippen LogP contribution is -2.40. The van der Waals surface area contributed by atoms with Crippen molar-refractivity contribution in [3.63, 3.8) is 0 Å². The van der Waals surface area contributed by atoms with E-state index >= 15 is 0 Å². The predicted octanol–water partition coefficient (Wildman–Crippen LogP) is 6.09. The fraction of sp³-hybridized carbons (Fsp3) is 0.519. The first-order valence-corrected chi connectivity index (χ1v) is 12.6. The molecule has 190 valence electrons. The Balaban J connectivity index is 1.97. The van der Waals surface area contributed by atoms with E-state index in [-0.39, 0.29) is 10.8 Å². The van der Waals surface area contributed by atoms with Gasteiger partial charge in [-0.25, -0.2) is 9.59 Å². The molecule has 0 saturated heterocycles. The van der Waals surface area contributed by atoms with Crippen molar-refractivity contribution in [3.05, 3.63) is 51.9 Å². The minimum absolute atomic E-state index is 0.0288. The zero-order chi connectivity index (χ0) is 26.2. The van der Waals surface area contributed by atoms with Crippen molar-refractivity contribution in [2.24, 2.45) is 0 Å². The molecule has 0 bridgehead atoms. The smallest absolute Gasteiger partial charge is 0.408 e. The first-order valence-electron chi connectivity index (χ1n) is 11.8. The molecule has 1 aromatic carbocycles. The van der Waals surface area contributed by atoms with E-state index in [1.165, 1.54) is 18.2 Å². The van der Waals surface area contributed by atoms with Gasteiger partial charge in [-0.3, -0.25) is 4.79 Å². The standard InChI is InChI=1S/C27H36N2O5S/c1-25(2,3)34-24(32)29-21(22(30)28-20-12-11-19(35-20)23(31)33-8)16-9-10-17-18(15-16)27(6,7)14-13-26(17,4)5/h9-12,15,21H,13-14H2,1-8H3,(H,28,30)(H,29,32). The Morgan fingerprint density at radius 2 is 1.60 bits per heavy atom. The normalized spacial score (nSPS) is 17.0. The van der Waals surface area contributed by atoms with E-state index < -0.39 is 29.6 Å². The third-order valence-corrected chi connectivity index (χ3v) is 7.35. The molecule has 2 aromatic rings. The van der Waals surface area contributed by atoms with Crippen molar-refractivity contribution < 1.29 is 23.9 Å². The van der Waals surface area contributed by atoms with E-state index in [1.54, 1.807) is 32.9 Å². The summed E-state index contributed by atoms with van der Waals surface area (Å²) in [6, 6.07) is 8.25. The third kappa shape index (κ3) is 6.23. The Morgan fingerprint density at radius 3 is 2.20 bits per heavy atom. The topological polar surface area (TPSA) is 93.7 Å². The van der Waals surface area contributed by atoms with Crippen molar-refractivity contribution in [2.75, 3.05) is 12.4 Å². The van der Waals surface area contributed by atoms with Gasteiger partial charge in [-0.1, -0.05) is 45.9 Å². The van der Waals surface area contributed by atoms with Crippen LogP contribution in [0.1, 0.15) is 93.7 Å². The number of fused-ring (bicyclic) bond motifs is 1. The number of methoxy groups -OCH3 is 1. The average Bonchev–Trinajstić information content (AvgIpc) is 3.21. The highest BCUT2D eigenvalue weighted by Crippen LogP contribution is 2.46. The maximum absolute atomic E-state index is 13.4. The lowest BCUT2D eigenvalue weighted by atomic mass is 9.63. The molecule has 2 N–H and O–H groups in total. The monoisotopic (exact) mass is 500 g/mol. The zero-order valence-corrected chi connectivity index (χ0v) is 22.6. The second kappa shape index (κ2) is 9.64. The number of esters is 1. The minimum atomic E-state index is -0.986. The average molecular weight is 501 g/mol. The quantitative estimate of drug-likeness (QED) is 0.485. The predicted molar refractivity (Wildman–Crippen MR) is 138 cm³/mol. The van der Waals surface area contributed by atoms with Crippen LogP contribution in [0.5, 0.6) is 0 Å². The van der Waals surface area contributed by atoms with Crippen LogP contribution in [0.25, 0.3) is 0 Å². The van der Waals surface area contributed by atoms with Gasteiger partial charge in [0.2, 0.25) is 0 Å². The van der Waals surface area contributed by atoms with Gasteiger partial charge < -0.3 is 20.1 Å². The summed E-state index contributed by atoms with van der Waals surface area (Å²) in [6.45, 7) is 14.2. The number of thiophene rings is 1. The van der Waals surface area contributed by atoms with Crippen LogP contribution in [0.2, 0.25) is 0 Å². The molecular formula is C27H36N2O5S. The number of hydrogen-bond donors (Lipinski definition) is 2. The van der Waals surface area contributed by atoms with Gasteiger partial charge in [0, 0.05) is 0 Å². The van der Waals surface area contributed by atoms with Crippen molar-refractivity contribution >= 4 is 34.3 Å². The fourth-order valence-corrected chi connectivity index (χ4v) is 5.15. The van der Waals surface area contributed by atoms with Crippen LogP contribution in [-0.2, 0) is 25.1 Å². The summed E-state index contributed by atoms with van der Waals surface area (Å²) in [7, 11) is 1.31. The van der Waals surface area contributed by atoms with Crippen LogP contribution in [0.4, 0.5) is 9.80 Å². The van der Waals surface area contributed by atoms with Crippen LogP contribution < -0.4 is 10.6 Å². The molecule has 0 fully saturated rings. The zero-order valence-electron chi connectivity index (χ0n) is 21.8. The number of rotatable bonds is 5. The SMILES string of the molecule is COC(=O)c1ccc(NC(=O)C(NC(=O)OC(C)(C)C)c2ccc3c(c2)C(C)(C)CCC3(C)C)s1. The highest BCUT2D eigenvalue weighted by atomic mass is 32.1. The molecule has 35 heavy (non-hydrogen) atoms. The van der Waals surface area contributed by atoms with Crippen molar-refractivity contribution in [2.45, 2.75) is 83.8 Å². The van der Waals surface area contributed by atoms with Crippen LogP contribution in [0, 0.1) is 0 Å². The Bertz CT molecular complexity index is 1130. The summed E-state index contributed by atoms with van der Waals surface area (Å²) in [5, 5.41) is 6.05. The summed E-state index contributed by atoms with van der Waals surface area (Å²) in [5.74, 6) is -0.902. The molecule has 7 nitrogen and oxygen atoms in total. The molecule has 0 aliphatic heterocycles. The highest BCUT2D eigenvalue weighted by Gasteiger charge is 2.38. The minimum Gasteiger partial charge on any atom is -0.465 e. The Morgan fingerprint density at radius 1 is 0.971 bits per heavy atom. The molecular weight excluding hydrogens is 464 g/mol. The summed E-state index contributed by atoms with van der Waals surface area (Å²) >= 11 is 1.11. The van der Waals surface area contributed by atoms with E-state index in [0.29, 0.717) is 15.4 Å². The van der Waals surface area contributed by atoms with Gasteiger partial charge in [-0.15, -0.1) is 11.3 Å². The molecule has 1 aliphatic rings. The number of benzene rings is 1. The van der Waals surface area contributed by atoms with E-state index in [1.807, 2.05) is 12.1 Å². The Kier molecular flexibility index (Phi) is 7.37. The van der Waals surface area contributed by atoms with Crippen LogP contribution in [0.15, 0.2) is 30.3 Å². The third-order valence-electron chi connectivity index (χ3n) is 6.37. The summed E-state index contributed by atoms with van der Waals surface area (Å²) in [6.07, 6.45) is 1.42. The number of amides is 2. The fourth-order valence-electron chi connectivity index (χ4n) is 4.32. The Hall–Kier alpha value is -2.87. The van der Waals surface area contributed by atoms with E-state index in [9.17, 15) is 14.4 Å². The van der Waals surface area contributed by atoms with E-state index in [4.69, 9.17) is 9.47 Å². The number of anilines is 1. The van der Waals surface area contributed by atoms with Crippen molar-refractivity contribution in [1.29, 1.82) is 0 Å². The molecule has 1 atom stereocenters. The first-order chi connectivity index (χ1) is 16.1. The lowest BCUT2D eigenvalue weighted by molar-refractivity contribution is -0.118. The van der Waals surface area contributed by atoms with Crippen molar-refractivity contribution in [3.8, 4) is 0 Å². The first kappa shape index (κ1) is 26.7. The van der Waals surface area contributed by atoms with Gasteiger partial charge in [0.05, 0.1) is 12.1 Å². The maximum atomic E-state index is 13.4. The number of alkyl carbamates (subject to hydrolysis) is 1. The van der Waals surface area contributed by atoms with Crippen LogP contribution in [0.3, 0.4) is 0 Å². The molecule has 0 radical (unpaired) electrons. The number of carbonyl (C=O) groups is 3. The molecule has 1 unspecified atom stereocenters. The number of hydrogen-bond acceptors (Lipinski definition) is 6. The second-order valence-corrected chi connectivity index (χ2v) is 12.4. The van der Waals surface area contributed by atoms with Gasteiger partial charge in [-0.05, 0) is 73.3 Å². The molecule has 1 aliphatic carbocycles. The van der Waals surface area contributed by atoms with Gasteiger partial charge in [0.1, 0.15) is 16.5 Å². The second-order valence-electron chi connectivity index (χ2n) is 11.3. The number of carbonyl (C=O) groups excluding carboxylic acids is 3. The van der Waals surface area contributed by atoms with Gasteiger partial charge >= 0.3 is 12.1 Å². The highest BCUT2D eigenvalue weighted by molar-refractivity contribution is 7.18. The van der Waals surface area contributed by atoms with Crippen molar-refractivity contribution in [1.82, 2.24) is 5.32 Å². The molecule has 0 saturated carbocycles. The van der Waals surface area contributed by atoms with Gasteiger partial charge in [0.15, 0.2) is 0 Å².